The van der Waals surface area contributed by atoms with Crippen molar-refractivity contribution in [3.05, 3.63) is 28.2 Å². The Hall–Kier alpha value is -1.30. The Labute approximate surface area is 131 Å². The molecule has 21 heavy (non-hydrogen) atoms. The lowest BCUT2D eigenvalue weighted by Crippen LogP contribution is -2.44. The largest absolute Gasteiger partial charge is 0.490 e. The van der Waals surface area contributed by atoms with Crippen LogP contribution in [0.5, 0.6) is 5.75 Å². The van der Waals surface area contributed by atoms with Gasteiger partial charge in [-0.25, -0.2) is 5.84 Å². The lowest BCUT2D eigenvalue weighted by Gasteiger charge is -2.16. The first-order chi connectivity index (χ1) is 9.50. The molecule has 0 spiro atoms. The molecule has 0 amide bonds. The van der Waals surface area contributed by atoms with E-state index in [4.69, 9.17) is 62.4 Å². The van der Waals surface area contributed by atoms with Gasteiger partial charge in [-0.15, -0.1) is 0 Å². The Morgan fingerprint density at radius 2 is 1.90 bits per heavy atom. The number of hydrogen-bond acceptors (Lipinski definition) is 5. The highest BCUT2D eigenvalue weighted by Gasteiger charge is 2.04. The van der Waals surface area contributed by atoms with Crippen LogP contribution < -0.4 is 16.3 Å². The van der Waals surface area contributed by atoms with E-state index >= 15 is 0 Å². The average Bonchev–Trinajstić information content (AvgIpc) is 2.29. The smallest absolute Gasteiger partial charge is 0.394 e. The van der Waals surface area contributed by atoms with E-state index in [0.29, 0.717) is 22.3 Å². The molecule has 9 nitrogen and oxygen atoms in total. The van der Waals surface area contributed by atoms with Crippen LogP contribution in [0.3, 0.4) is 0 Å². The molecule has 0 aliphatic carbocycles. The molecule has 7 N–H and O–H groups in total. The minimum absolute atomic E-state index is 0.217. The van der Waals surface area contributed by atoms with Crippen molar-refractivity contribution >= 4 is 39.6 Å². The van der Waals surface area contributed by atoms with Gasteiger partial charge < -0.3 is 10.5 Å². The maximum absolute atomic E-state index is 8.74. The van der Waals surface area contributed by atoms with Crippen LogP contribution in [-0.4, -0.2) is 41.6 Å². The fraction of sp³-hybridized carbons (Fsp3) is 0.222. The van der Waals surface area contributed by atoms with Crippen molar-refractivity contribution in [3.63, 3.8) is 0 Å². The number of hydrogen-bond donors (Lipinski definition) is 5. The van der Waals surface area contributed by atoms with Gasteiger partial charge in [-0.1, -0.05) is 23.2 Å². The molecule has 0 heterocycles. The molecule has 0 aromatic heterocycles. The number of halogens is 2. The molecular weight excluding hydrogens is 347 g/mol. The van der Waals surface area contributed by atoms with Crippen LogP contribution in [0.4, 0.5) is 0 Å². The van der Waals surface area contributed by atoms with E-state index in [1.165, 1.54) is 0 Å². The molecule has 0 fully saturated rings. The topological polar surface area (TPSA) is 163 Å². The van der Waals surface area contributed by atoms with Gasteiger partial charge in [-0.05, 0) is 18.2 Å². The molecule has 120 valence electrons. The van der Waals surface area contributed by atoms with Crippen molar-refractivity contribution in [2.24, 2.45) is 11.6 Å². The average molecular weight is 361 g/mol. The quantitative estimate of drug-likeness (QED) is 0.173. The van der Waals surface area contributed by atoms with Gasteiger partial charge in [0.1, 0.15) is 12.4 Å². The highest BCUT2D eigenvalue weighted by Crippen LogP contribution is 2.27. The zero-order chi connectivity index (χ0) is 16.6. The first-order valence-corrected chi connectivity index (χ1v) is 7.30. The van der Waals surface area contributed by atoms with Gasteiger partial charge in [0.2, 0.25) is 5.96 Å². The summed E-state index contributed by atoms with van der Waals surface area (Å²) in [5.41, 5.74) is 5.15. The highest BCUT2D eigenvalue weighted by molar-refractivity contribution is 7.79. The molecule has 0 bridgehead atoms. The van der Waals surface area contributed by atoms with Gasteiger partial charge in [0.15, 0.2) is 0 Å². The number of ether oxygens (including phenoxy) is 1. The third-order valence-corrected chi connectivity index (χ3v) is 2.32. The summed E-state index contributed by atoms with van der Waals surface area (Å²) in [7, 11) is -4.67. The van der Waals surface area contributed by atoms with Crippen LogP contribution in [0.1, 0.15) is 0 Å². The zero-order valence-corrected chi connectivity index (χ0v) is 12.9. The van der Waals surface area contributed by atoms with E-state index in [0.717, 1.165) is 5.01 Å². The second-order valence-electron chi connectivity index (χ2n) is 3.45. The molecule has 0 radical (unpaired) electrons. The van der Waals surface area contributed by atoms with Crippen molar-refractivity contribution in [1.82, 2.24) is 5.01 Å². The first kappa shape index (κ1) is 19.7. The van der Waals surface area contributed by atoms with Gasteiger partial charge in [-0.2, -0.15) is 8.42 Å². The predicted octanol–water partition coefficient (Wildman–Crippen LogP) is 0.789. The zero-order valence-electron chi connectivity index (χ0n) is 10.5. The standard InChI is InChI=1S/C9H12Cl2N4O.H2O4S/c10-6-1-2-8(7(11)5-6)16-4-3-15(14)9(12)13;1-5(2,3)4/h1-2,5H,3-4,14H2,(H3,12,13);(H2,1,2,3,4). The summed E-state index contributed by atoms with van der Waals surface area (Å²) in [5, 5.41) is 9.08. The summed E-state index contributed by atoms with van der Waals surface area (Å²) in [5.74, 6) is 5.69. The van der Waals surface area contributed by atoms with E-state index in [9.17, 15) is 0 Å². The Bertz CT molecular complexity index is 576. The number of nitrogens with one attached hydrogen (secondary N) is 1. The lowest BCUT2D eigenvalue weighted by atomic mass is 10.3. The number of rotatable bonds is 4. The van der Waals surface area contributed by atoms with Crippen molar-refractivity contribution in [2.45, 2.75) is 0 Å². The predicted molar refractivity (Wildman–Crippen MR) is 78.9 cm³/mol. The van der Waals surface area contributed by atoms with Crippen LogP contribution in [0.25, 0.3) is 0 Å². The van der Waals surface area contributed by atoms with Crippen LogP contribution >= 0.6 is 23.2 Å². The summed E-state index contributed by atoms with van der Waals surface area (Å²) in [6, 6.07) is 4.93. The van der Waals surface area contributed by atoms with Crippen LogP contribution in [-0.2, 0) is 10.4 Å². The molecule has 1 aromatic rings. The Kier molecular flexibility index (Phi) is 8.32. The fourth-order valence-corrected chi connectivity index (χ4v) is 1.43. The van der Waals surface area contributed by atoms with Gasteiger partial charge in [0.05, 0.1) is 11.6 Å². The lowest BCUT2D eigenvalue weighted by molar-refractivity contribution is 0.269. The normalized spacial score (nSPS) is 10.3. The van der Waals surface area contributed by atoms with Gasteiger partial charge in [0, 0.05) is 5.02 Å². The maximum Gasteiger partial charge on any atom is 0.394 e. The summed E-state index contributed by atoms with van der Waals surface area (Å²) < 4.78 is 36.9. The van der Waals surface area contributed by atoms with Crippen molar-refractivity contribution in [2.75, 3.05) is 13.2 Å². The minimum Gasteiger partial charge on any atom is -0.490 e. The number of nitrogens with two attached hydrogens (primary N) is 2. The van der Waals surface area contributed by atoms with Crippen LogP contribution in [0.15, 0.2) is 18.2 Å². The van der Waals surface area contributed by atoms with Gasteiger partial charge in [-0.3, -0.25) is 19.5 Å². The molecule has 1 rings (SSSR count). The summed E-state index contributed by atoms with van der Waals surface area (Å²) >= 11 is 11.6. The third kappa shape index (κ3) is 11.1. The molecule has 1 aromatic carbocycles. The molecular formula is C9H14Cl2N4O5S. The number of guanidine groups is 1. The molecule has 0 atom stereocenters. The molecule has 0 saturated heterocycles. The van der Waals surface area contributed by atoms with Crippen LogP contribution in [0, 0.1) is 5.41 Å². The SMILES string of the molecule is N=C(N)N(N)CCOc1ccc(Cl)cc1Cl.O=S(=O)(O)O. The monoisotopic (exact) mass is 360 g/mol. The van der Waals surface area contributed by atoms with E-state index in [1.54, 1.807) is 18.2 Å². The second kappa shape index (κ2) is 8.87. The highest BCUT2D eigenvalue weighted by atomic mass is 35.5. The molecule has 12 heteroatoms. The van der Waals surface area contributed by atoms with E-state index in [1.807, 2.05) is 0 Å². The molecule has 0 unspecified atom stereocenters. The Morgan fingerprint density at radius 1 is 1.38 bits per heavy atom. The molecule has 0 aliphatic rings. The van der Waals surface area contributed by atoms with E-state index in [-0.39, 0.29) is 12.6 Å². The number of benzene rings is 1. The first-order valence-electron chi connectivity index (χ1n) is 5.14. The minimum atomic E-state index is -4.67. The van der Waals surface area contributed by atoms with E-state index < -0.39 is 10.4 Å². The number of nitrogens with zero attached hydrogens (tertiary/aromatic N) is 1. The second-order valence-corrected chi connectivity index (χ2v) is 5.19. The van der Waals surface area contributed by atoms with Crippen molar-refractivity contribution in [1.29, 1.82) is 5.41 Å². The van der Waals surface area contributed by atoms with Gasteiger partial charge >= 0.3 is 10.4 Å². The van der Waals surface area contributed by atoms with Gasteiger partial charge in [0.25, 0.3) is 0 Å². The number of hydrazine groups is 1. The third-order valence-electron chi connectivity index (χ3n) is 1.79. The van der Waals surface area contributed by atoms with Crippen molar-refractivity contribution in [3.8, 4) is 5.75 Å². The molecule has 0 saturated carbocycles. The fourth-order valence-electron chi connectivity index (χ4n) is 0.967. The van der Waals surface area contributed by atoms with Crippen molar-refractivity contribution < 1.29 is 22.3 Å². The summed E-state index contributed by atoms with van der Waals surface area (Å²) in [4.78, 5) is 0. The Balaban J connectivity index is 0.000000690. The van der Waals surface area contributed by atoms with E-state index in [2.05, 4.69) is 0 Å². The van der Waals surface area contributed by atoms with Crippen LogP contribution in [0.2, 0.25) is 10.0 Å². The Morgan fingerprint density at radius 3 is 2.33 bits per heavy atom. The maximum atomic E-state index is 8.74. The summed E-state index contributed by atoms with van der Waals surface area (Å²) in [6.45, 7) is 0.575. The summed E-state index contributed by atoms with van der Waals surface area (Å²) in [6.07, 6.45) is 0. The molecule has 0 aliphatic heterocycles.